The molecule has 1 aliphatic rings. The van der Waals surface area contributed by atoms with Crippen molar-refractivity contribution < 1.29 is 9.59 Å². The second-order valence-corrected chi connectivity index (χ2v) is 4.73. The first kappa shape index (κ1) is 10.2. The summed E-state index contributed by atoms with van der Waals surface area (Å²) in [6, 6.07) is 0. The number of hydrogen-bond donors (Lipinski definition) is 1. The van der Waals surface area contributed by atoms with Crippen molar-refractivity contribution in [1.82, 2.24) is 19.4 Å². The molecule has 0 unspecified atom stereocenters. The monoisotopic (exact) mass is 251 g/mol. The molecule has 0 aliphatic carbocycles. The summed E-state index contributed by atoms with van der Waals surface area (Å²) in [6.07, 6.45) is 0. The number of thiazole rings is 1. The first-order chi connectivity index (χ1) is 7.97. The van der Waals surface area contributed by atoms with Crippen LogP contribution < -0.4 is 10.0 Å². The Morgan fingerprint density at radius 1 is 1.24 bits per heavy atom. The highest BCUT2D eigenvalue weighted by atomic mass is 32.1. The summed E-state index contributed by atoms with van der Waals surface area (Å²) in [7, 11) is 0. The fraction of sp³-hybridized carbons (Fsp3) is 0.222. The molecule has 2 amide bonds. The van der Waals surface area contributed by atoms with E-state index in [0.717, 1.165) is 11.3 Å². The molecule has 0 fully saturated rings. The predicted molar refractivity (Wildman–Crippen MR) is 60.9 cm³/mol. The number of nitrogens with zero attached hydrogens (tertiary/aromatic N) is 3. The van der Waals surface area contributed by atoms with Gasteiger partial charge in [0.2, 0.25) is 0 Å². The van der Waals surface area contributed by atoms with Crippen LogP contribution in [0.4, 0.5) is 11.1 Å². The average Bonchev–Trinajstić information content (AvgIpc) is 2.52. The average molecular weight is 251 g/mol. The van der Waals surface area contributed by atoms with Crippen LogP contribution in [0.3, 0.4) is 0 Å². The zero-order chi connectivity index (χ0) is 12.4. The van der Waals surface area contributed by atoms with Crippen LogP contribution in [0.1, 0.15) is 13.8 Å². The van der Waals surface area contributed by atoms with Gasteiger partial charge in [-0.3, -0.25) is 9.78 Å². The lowest BCUT2D eigenvalue weighted by molar-refractivity contribution is -0.137. The molecule has 0 radical (unpaired) electrons. The lowest BCUT2D eigenvalue weighted by Gasteiger charge is -2.25. The molecule has 0 spiro atoms. The van der Waals surface area contributed by atoms with Crippen molar-refractivity contribution >= 4 is 44.6 Å². The quantitative estimate of drug-likeness (QED) is 0.685. The van der Waals surface area contributed by atoms with Crippen molar-refractivity contribution in [3.05, 3.63) is 10.4 Å². The first-order valence-corrected chi connectivity index (χ1v) is 5.63. The highest BCUT2D eigenvalue weighted by molar-refractivity contribution is 7.22. The van der Waals surface area contributed by atoms with E-state index in [0.29, 0.717) is 10.3 Å². The van der Waals surface area contributed by atoms with E-state index in [9.17, 15) is 14.4 Å². The van der Waals surface area contributed by atoms with E-state index in [1.165, 1.54) is 13.8 Å². The van der Waals surface area contributed by atoms with Gasteiger partial charge in [0, 0.05) is 0 Å². The van der Waals surface area contributed by atoms with Crippen molar-refractivity contribution in [2.24, 2.45) is 0 Å². The fourth-order valence-electron chi connectivity index (χ4n) is 1.99. The molecule has 1 aliphatic heterocycles. The SMILES string of the molecule is CC(=O)[N+]1(C(C)=O)c2nc3nc1sc3c(=O)[nH]2. The van der Waals surface area contributed by atoms with Gasteiger partial charge in [-0.15, -0.1) is 0 Å². The number of quaternary nitrogens is 1. The molecule has 3 heterocycles. The number of amides is 2. The Bertz CT molecular complexity index is 730. The van der Waals surface area contributed by atoms with Crippen LogP contribution in [-0.4, -0.2) is 26.8 Å². The van der Waals surface area contributed by atoms with Gasteiger partial charge in [-0.05, 0) is 11.3 Å². The van der Waals surface area contributed by atoms with Crippen LogP contribution in [0.15, 0.2) is 4.79 Å². The highest BCUT2D eigenvalue weighted by Gasteiger charge is 2.53. The summed E-state index contributed by atoms with van der Waals surface area (Å²) in [6.45, 7) is 2.56. The minimum Gasteiger partial charge on any atom is -0.268 e. The van der Waals surface area contributed by atoms with Gasteiger partial charge in [-0.1, -0.05) is 4.48 Å². The Hall–Kier alpha value is -1.93. The summed E-state index contributed by atoms with van der Waals surface area (Å²) in [5.41, 5.74) is -0.0729. The van der Waals surface area contributed by atoms with Gasteiger partial charge < -0.3 is 0 Å². The van der Waals surface area contributed by atoms with Crippen molar-refractivity contribution in [3.63, 3.8) is 0 Å². The normalized spacial score (nSPS) is 15.6. The predicted octanol–water partition coefficient (Wildman–Crippen LogP) is 0.425. The van der Waals surface area contributed by atoms with Crippen LogP contribution in [-0.2, 0) is 9.59 Å². The summed E-state index contributed by atoms with van der Waals surface area (Å²) >= 11 is 1.03. The Balaban J connectivity index is 2.54. The number of H-pyrrole nitrogens is 1. The molecule has 2 aromatic rings. The van der Waals surface area contributed by atoms with Gasteiger partial charge in [0.15, 0.2) is 5.65 Å². The summed E-state index contributed by atoms with van der Waals surface area (Å²) in [4.78, 5) is 46.0. The van der Waals surface area contributed by atoms with Gasteiger partial charge in [0.1, 0.15) is 4.70 Å². The Morgan fingerprint density at radius 3 is 2.47 bits per heavy atom. The number of fused-ring (bicyclic) bond motifs is 2. The minimum absolute atomic E-state index is 0.0313. The van der Waals surface area contributed by atoms with Gasteiger partial charge >= 0.3 is 22.9 Å². The molecule has 7 nitrogen and oxygen atoms in total. The largest absolute Gasteiger partial charge is 0.334 e. The Labute approximate surface area is 98.3 Å². The minimum atomic E-state index is -0.733. The van der Waals surface area contributed by atoms with E-state index in [-0.39, 0.29) is 16.6 Å². The van der Waals surface area contributed by atoms with Gasteiger partial charge in [-0.25, -0.2) is 9.59 Å². The topological polar surface area (TPSA) is 92.8 Å². The van der Waals surface area contributed by atoms with Crippen LogP contribution in [0.2, 0.25) is 0 Å². The van der Waals surface area contributed by atoms with Gasteiger partial charge in [0.25, 0.3) is 5.56 Å². The fourth-order valence-corrected chi connectivity index (χ4v) is 3.12. The first-order valence-electron chi connectivity index (χ1n) is 4.81. The standard InChI is InChI=1S/C9H6N4O3S/c1-3(14)13(4(2)15)8-10-6-5(7(16)12-8)17-9(13)11-6/h1-2H3/p+1. The number of imide groups is 1. The van der Waals surface area contributed by atoms with E-state index in [1.807, 2.05) is 0 Å². The number of aromatic amines is 1. The van der Waals surface area contributed by atoms with E-state index in [2.05, 4.69) is 15.0 Å². The van der Waals surface area contributed by atoms with Crippen molar-refractivity contribution in [2.75, 3.05) is 0 Å². The van der Waals surface area contributed by atoms with E-state index >= 15 is 0 Å². The third-order valence-corrected chi connectivity index (χ3v) is 3.91. The zero-order valence-corrected chi connectivity index (χ0v) is 9.79. The molecule has 1 N–H and O–H groups in total. The molecule has 0 atom stereocenters. The second-order valence-electron chi connectivity index (χ2n) is 3.75. The number of carbonyl (C=O) groups excluding carboxylic acids is 2. The third-order valence-electron chi connectivity index (χ3n) is 2.79. The van der Waals surface area contributed by atoms with E-state index in [4.69, 9.17) is 0 Å². The molecule has 8 heteroatoms. The highest BCUT2D eigenvalue weighted by Crippen LogP contribution is 2.41. The Morgan fingerprint density at radius 2 is 1.88 bits per heavy atom. The molecule has 3 rings (SSSR count). The molecule has 0 saturated carbocycles. The van der Waals surface area contributed by atoms with Crippen LogP contribution >= 0.6 is 11.3 Å². The second kappa shape index (κ2) is 2.84. The third kappa shape index (κ3) is 0.966. The zero-order valence-electron chi connectivity index (χ0n) is 8.97. The van der Waals surface area contributed by atoms with Crippen LogP contribution in [0.25, 0.3) is 10.3 Å². The molecule has 0 saturated heterocycles. The molecule has 17 heavy (non-hydrogen) atoms. The maximum atomic E-state index is 11.9. The van der Waals surface area contributed by atoms with E-state index < -0.39 is 16.3 Å². The maximum absolute atomic E-state index is 11.9. The van der Waals surface area contributed by atoms with E-state index in [1.54, 1.807) is 0 Å². The van der Waals surface area contributed by atoms with Crippen molar-refractivity contribution in [2.45, 2.75) is 13.8 Å². The molecule has 2 aromatic heterocycles. The number of nitrogens with one attached hydrogen (secondary N) is 1. The number of rotatable bonds is 0. The lowest BCUT2D eigenvalue weighted by Crippen LogP contribution is -2.54. The molecule has 86 valence electrons. The summed E-state index contributed by atoms with van der Waals surface area (Å²) < 4.78 is -0.394. The number of hydrogen-bond acceptors (Lipinski definition) is 6. The van der Waals surface area contributed by atoms with Crippen molar-refractivity contribution in [3.8, 4) is 0 Å². The smallest absolute Gasteiger partial charge is 0.268 e. The van der Waals surface area contributed by atoms with Gasteiger partial charge in [0.05, 0.1) is 13.8 Å². The van der Waals surface area contributed by atoms with Gasteiger partial charge in [-0.2, -0.15) is 9.97 Å². The number of aromatic nitrogens is 3. The van der Waals surface area contributed by atoms with Crippen LogP contribution in [0.5, 0.6) is 0 Å². The molecule has 3 bridgehead atoms. The Kier molecular flexibility index (Phi) is 1.71. The molecule has 0 aromatic carbocycles. The van der Waals surface area contributed by atoms with Crippen molar-refractivity contribution in [1.29, 1.82) is 0 Å². The molecular formula is C9H7N4O3S+. The number of carbonyl (C=O) groups is 2. The van der Waals surface area contributed by atoms with Crippen LogP contribution in [0, 0.1) is 0 Å². The summed E-state index contributed by atoms with van der Waals surface area (Å²) in [5, 5.41) is 0.276. The molecular weight excluding hydrogens is 244 g/mol. The summed E-state index contributed by atoms with van der Waals surface area (Å²) in [5.74, 6) is -0.848. The maximum Gasteiger partial charge on any atom is 0.334 e. The lowest BCUT2D eigenvalue weighted by atomic mass is 10.3.